The van der Waals surface area contributed by atoms with Gasteiger partial charge in [0.2, 0.25) is 0 Å². The first kappa shape index (κ1) is 21.6. The maximum atomic E-state index is 12.8. The number of aliphatic hydroxyl groups is 1. The third kappa shape index (κ3) is 3.87. The highest BCUT2D eigenvalue weighted by atomic mass is 16.8. The maximum absolute atomic E-state index is 12.8. The van der Waals surface area contributed by atoms with Crippen LogP contribution in [0.2, 0.25) is 0 Å². The summed E-state index contributed by atoms with van der Waals surface area (Å²) < 4.78 is 32.0. The Morgan fingerprint density at radius 1 is 1.31 bits per heavy atom. The van der Waals surface area contributed by atoms with E-state index in [9.17, 15) is 9.90 Å². The number of hydrogen-bond acceptors (Lipinski definition) is 10. The molecule has 1 N–H and O–H groups in total. The molecule has 5 rings (SSSR count). The van der Waals surface area contributed by atoms with Crippen LogP contribution >= 0.6 is 0 Å². The average molecular weight is 449 g/mol. The first-order chi connectivity index (χ1) is 15.3. The summed E-state index contributed by atoms with van der Waals surface area (Å²) in [6.45, 7) is 4.13. The number of rotatable bonds is 8. The Morgan fingerprint density at radius 3 is 2.75 bits per heavy atom. The van der Waals surface area contributed by atoms with E-state index in [4.69, 9.17) is 23.7 Å². The van der Waals surface area contributed by atoms with Crippen molar-refractivity contribution in [3.8, 4) is 5.82 Å². The van der Waals surface area contributed by atoms with Crippen LogP contribution < -0.4 is 5.69 Å². The van der Waals surface area contributed by atoms with Crippen molar-refractivity contribution in [2.45, 2.75) is 63.3 Å². The van der Waals surface area contributed by atoms with Gasteiger partial charge in [-0.2, -0.15) is 10.1 Å². The monoisotopic (exact) mass is 449 g/mol. The zero-order chi connectivity index (χ0) is 22.5. The molecule has 0 amide bonds. The molecule has 174 valence electrons. The zero-order valence-corrected chi connectivity index (χ0v) is 18.2. The van der Waals surface area contributed by atoms with Crippen LogP contribution in [0.15, 0.2) is 29.7 Å². The van der Waals surface area contributed by atoms with E-state index in [2.05, 4.69) is 15.1 Å². The smallest absolute Gasteiger partial charge is 0.351 e. The van der Waals surface area contributed by atoms with Crippen LogP contribution in [0.5, 0.6) is 0 Å². The van der Waals surface area contributed by atoms with Crippen LogP contribution in [-0.2, 0) is 23.7 Å². The van der Waals surface area contributed by atoms with E-state index in [1.54, 1.807) is 19.4 Å². The zero-order valence-electron chi connectivity index (χ0n) is 18.2. The molecule has 1 aliphatic carbocycles. The van der Waals surface area contributed by atoms with Gasteiger partial charge in [0.1, 0.15) is 31.0 Å². The molecule has 12 heteroatoms. The molecule has 0 spiro atoms. The van der Waals surface area contributed by atoms with Crippen molar-refractivity contribution in [1.82, 2.24) is 24.3 Å². The molecule has 4 heterocycles. The molecule has 2 saturated heterocycles. The van der Waals surface area contributed by atoms with Crippen LogP contribution in [-0.4, -0.2) is 80.1 Å². The second kappa shape index (κ2) is 7.97. The van der Waals surface area contributed by atoms with Crippen LogP contribution in [0, 0.1) is 5.41 Å². The molecule has 2 aromatic rings. The summed E-state index contributed by atoms with van der Waals surface area (Å²) in [7, 11) is 1.60. The Balaban J connectivity index is 1.34. The third-order valence-corrected chi connectivity index (χ3v) is 6.13. The van der Waals surface area contributed by atoms with E-state index in [0.717, 1.165) is 12.8 Å². The van der Waals surface area contributed by atoms with E-state index >= 15 is 0 Å². The minimum atomic E-state index is -0.967. The summed E-state index contributed by atoms with van der Waals surface area (Å²) in [6, 6.07) is 1.64. The lowest BCUT2D eigenvalue weighted by atomic mass is 10.1. The summed E-state index contributed by atoms with van der Waals surface area (Å²) in [6.07, 6.45) is 2.81. The fourth-order valence-corrected chi connectivity index (χ4v) is 4.34. The van der Waals surface area contributed by atoms with Crippen molar-refractivity contribution >= 4 is 0 Å². The minimum absolute atomic E-state index is 0.0863. The second-order valence-electron chi connectivity index (χ2n) is 8.93. The predicted octanol–water partition coefficient (Wildman–Crippen LogP) is 0.00310. The van der Waals surface area contributed by atoms with Crippen molar-refractivity contribution in [2.24, 2.45) is 5.41 Å². The van der Waals surface area contributed by atoms with Crippen LogP contribution in [0.4, 0.5) is 0 Å². The Kier molecular flexibility index (Phi) is 5.39. The first-order valence-corrected chi connectivity index (χ1v) is 10.6. The number of nitrogens with zero attached hydrogens (tertiary/aromatic N) is 5. The van der Waals surface area contributed by atoms with Crippen LogP contribution in [0.3, 0.4) is 0 Å². The highest BCUT2D eigenvalue weighted by Crippen LogP contribution is 2.49. The number of aromatic nitrogens is 5. The Bertz CT molecular complexity index is 1010. The van der Waals surface area contributed by atoms with E-state index in [0.29, 0.717) is 12.4 Å². The van der Waals surface area contributed by atoms with Gasteiger partial charge in [-0.3, -0.25) is 4.57 Å². The number of hydrogen-bond donors (Lipinski definition) is 1. The molecule has 12 nitrogen and oxygen atoms in total. The molecule has 3 fully saturated rings. The Hall–Kier alpha value is -2.22. The van der Waals surface area contributed by atoms with Gasteiger partial charge < -0.3 is 28.8 Å². The number of aliphatic hydroxyl groups excluding tert-OH is 1. The lowest BCUT2D eigenvalue weighted by Gasteiger charge is -2.26. The molecule has 1 saturated carbocycles. The van der Waals surface area contributed by atoms with Crippen LogP contribution in [0.25, 0.3) is 5.82 Å². The molecule has 32 heavy (non-hydrogen) atoms. The van der Waals surface area contributed by atoms with Gasteiger partial charge in [0.15, 0.2) is 24.1 Å². The van der Waals surface area contributed by atoms with Gasteiger partial charge in [0.25, 0.3) is 0 Å². The topological polar surface area (TPSA) is 132 Å². The van der Waals surface area contributed by atoms with Crippen molar-refractivity contribution < 1.29 is 28.8 Å². The van der Waals surface area contributed by atoms with E-state index in [1.807, 2.05) is 13.8 Å². The lowest BCUT2D eigenvalue weighted by molar-refractivity contribution is -0.219. The summed E-state index contributed by atoms with van der Waals surface area (Å²) in [5.74, 6) is -0.502. The van der Waals surface area contributed by atoms with Gasteiger partial charge >= 0.3 is 5.69 Å². The predicted molar refractivity (Wildman–Crippen MR) is 107 cm³/mol. The number of ether oxygens (including phenoxy) is 5. The molecule has 0 bridgehead atoms. The summed E-state index contributed by atoms with van der Waals surface area (Å²) in [4.78, 5) is 20.7. The van der Waals surface area contributed by atoms with Crippen molar-refractivity contribution in [3.05, 3.63) is 35.4 Å². The molecule has 2 aliphatic heterocycles. The van der Waals surface area contributed by atoms with Crippen LogP contribution in [0.1, 0.15) is 32.9 Å². The SMILES string of the molecule is COCC1(C(O)OC[C@H]2O[C@@H](n3ccc(-n4cncn4)nc3=O)[C@@H]3OC(C)(C)O[C@@H]32)CC1. The molecule has 5 atom stereocenters. The molecule has 2 aromatic heterocycles. The normalized spacial score (nSPS) is 30.9. The Labute approximate surface area is 184 Å². The second-order valence-corrected chi connectivity index (χ2v) is 8.93. The first-order valence-electron chi connectivity index (χ1n) is 10.6. The summed E-state index contributed by atoms with van der Waals surface area (Å²) in [5, 5.41) is 14.5. The fourth-order valence-electron chi connectivity index (χ4n) is 4.34. The molecular weight excluding hydrogens is 422 g/mol. The summed E-state index contributed by atoms with van der Waals surface area (Å²) >= 11 is 0. The van der Waals surface area contributed by atoms with Gasteiger partial charge in [-0.05, 0) is 32.8 Å². The van der Waals surface area contributed by atoms with Gasteiger partial charge in [-0.15, -0.1) is 0 Å². The number of fused-ring (bicyclic) bond motifs is 1. The lowest BCUT2D eigenvalue weighted by Crippen LogP contribution is -2.37. The Morgan fingerprint density at radius 2 is 2.09 bits per heavy atom. The summed E-state index contributed by atoms with van der Waals surface area (Å²) in [5.41, 5.74) is -0.884. The molecule has 3 aliphatic rings. The van der Waals surface area contributed by atoms with Gasteiger partial charge in [-0.25, -0.2) is 14.5 Å². The van der Waals surface area contributed by atoms with E-state index < -0.39 is 42.3 Å². The van der Waals surface area contributed by atoms with Crippen molar-refractivity contribution in [3.63, 3.8) is 0 Å². The van der Waals surface area contributed by atoms with Gasteiger partial charge in [0.05, 0.1) is 13.2 Å². The fraction of sp³-hybridized carbons (Fsp3) is 0.700. The number of methoxy groups -OCH3 is 1. The quantitative estimate of drug-likeness (QED) is 0.549. The molecular formula is C20H27N5O7. The van der Waals surface area contributed by atoms with Gasteiger partial charge in [0, 0.05) is 18.7 Å². The van der Waals surface area contributed by atoms with Gasteiger partial charge in [-0.1, -0.05) is 0 Å². The molecule has 1 unspecified atom stereocenters. The average Bonchev–Trinajstić information content (AvgIpc) is 3.08. The van der Waals surface area contributed by atoms with E-state index in [1.165, 1.54) is 21.9 Å². The van der Waals surface area contributed by atoms with Crippen molar-refractivity contribution in [1.29, 1.82) is 0 Å². The third-order valence-electron chi connectivity index (χ3n) is 6.13. The minimum Gasteiger partial charge on any atom is -0.384 e. The highest BCUT2D eigenvalue weighted by Gasteiger charge is 2.57. The highest BCUT2D eigenvalue weighted by molar-refractivity contribution is 5.16. The molecule has 0 aromatic carbocycles. The largest absolute Gasteiger partial charge is 0.384 e. The van der Waals surface area contributed by atoms with Crippen molar-refractivity contribution in [2.75, 3.05) is 20.3 Å². The standard InChI is InChI=1S/C20H27N5O7/c1-19(2)31-14-12(8-29-17(26)20(5-6-20)9-28-3)30-16(15(14)32-19)24-7-4-13(23-18(24)27)25-11-21-10-22-25/h4,7,10-12,14-17,26H,5-6,8-9H2,1-3H3/t12-,14-,15-,16-,17?/m1/s1. The molecule has 0 radical (unpaired) electrons. The maximum Gasteiger partial charge on any atom is 0.351 e. The van der Waals surface area contributed by atoms with E-state index in [-0.39, 0.29) is 12.0 Å².